The number of benzene rings is 1. The molecule has 0 radical (unpaired) electrons. The van der Waals surface area contributed by atoms with Crippen molar-refractivity contribution in [2.45, 2.75) is 71.9 Å². The summed E-state index contributed by atoms with van der Waals surface area (Å²) in [7, 11) is -3.69. The van der Waals surface area contributed by atoms with Crippen molar-refractivity contribution in [3.8, 4) is 0 Å². The highest BCUT2D eigenvalue weighted by atomic mass is 32.2. The lowest BCUT2D eigenvalue weighted by molar-refractivity contribution is 0.218. The van der Waals surface area contributed by atoms with E-state index in [0.717, 1.165) is 12.0 Å². The number of primary sulfonamides is 1. The summed E-state index contributed by atoms with van der Waals surface area (Å²) in [5, 5.41) is 8.98. The maximum atomic E-state index is 11.7. The highest BCUT2D eigenvalue weighted by Crippen LogP contribution is 2.28. The predicted molar refractivity (Wildman–Crippen MR) is 96.8 cm³/mol. The Balaban J connectivity index is 3.07. The van der Waals surface area contributed by atoms with Crippen LogP contribution >= 0.6 is 0 Å². The molecule has 23 heavy (non-hydrogen) atoms. The SMILES string of the molecule is Cc1ccc(C(C)NC(CC(C)C)C(C)(C)C)cc1S(N)(=O)=O. The lowest BCUT2D eigenvalue weighted by atomic mass is 9.81. The molecule has 3 N–H and O–H groups in total. The molecule has 132 valence electrons. The number of sulfonamides is 1. The van der Waals surface area contributed by atoms with Crippen LogP contribution < -0.4 is 10.5 Å². The number of hydrogen-bond donors (Lipinski definition) is 2. The van der Waals surface area contributed by atoms with Gasteiger partial charge in [-0.2, -0.15) is 0 Å². The van der Waals surface area contributed by atoms with Gasteiger partial charge in [-0.25, -0.2) is 13.6 Å². The van der Waals surface area contributed by atoms with Crippen LogP contribution in [-0.4, -0.2) is 14.5 Å². The van der Waals surface area contributed by atoms with E-state index in [9.17, 15) is 8.42 Å². The average Bonchev–Trinajstić information content (AvgIpc) is 2.35. The Hall–Kier alpha value is -0.910. The Labute approximate surface area is 141 Å². The van der Waals surface area contributed by atoms with E-state index >= 15 is 0 Å². The van der Waals surface area contributed by atoms with Crippen molar-refractivity contribution < 1.29 is 8.42 Å². The molecular formula is C18H32N2O2S. The lowest BCUT2D eigenvalue weighted by Crippen LogP contribution is -2.42. The molecule has 0 saturated heterocycles. The summed E-state index contributed by atoms with van der Waals surface area (Å²) in [5.41, 5.74) is 1.75. The fraction of sp³-hybridized carbons (Fsp3) is 0.667. The van der Waals surface area contributed by atoms with Gasteiger partial charge in [-0.15, -0.1) is 0 Å². The lowest BCUT2D eigenvalue weighted by Gasteiger charge is -2.35. The van der Waals surface area contributed by atoms with Gasteiger partial charge < -0.3 is 5.32 Å². The van der Waals surface area contributed by atoms with Gasteiger partial charge in [0.2, 0.25) is 10.0 Å². The molecule has 0 spiro atoms. The van der Waals surface area contributed by atoms with Crippen LogP contribution in [0.25, 0.3) is 0 Å². The summed E-state index contributed by atoms with van der Waals surface area (Å²) in [6, 6.07) is 5.88. The van der Waals surface area contributed by atoms with Crippen LogP contribution in [0.3, 0.4) is 0 Å². The molecule has 0 bridgehead atoms. The van der Waals surface area contributed by atoms with E-state index in [0.29, 0.717) is 17.5 Å². The van der Waals surface area contributed by atoms with Crippen LogP contribution in [0.4, 0.5) is 0 Å². The topological polar surface area (TPSA) is 72.2 Å². The van der Waals surface area contributed by atoms with Crippen molar-refractivity contribution in [2.24, 2.45) is 16.5 Å². The Morgan fingerprint density at radius 2 is 1.74 bits per heavy atom. The second kappa shape index (κ2) is 7.32. The van der Waals surface area contributed by atoms with Crippen LogP contribution in [0, 0.1) is 18.3 Å². The van der Waals surface area contributed by atoms with Gasteiger partial charge >= 0.3 is 0 Å². The molecule has 4 nitrogen and oxygen atoms in total. The van der Waals surface area contributed by atoms with Gasteiger partial charge in [0.05, 0.1) is 4.90 Å². The van der Waals surface area contributed by atoms with Crippen molar-refractivity contribution >= 4 is 10.0 Å². The first-order valence-corrected chi connectivity index (χ1v) is 9.76. The van der Waals surface area contributed by atoms with Gasteiger partial charge in [0.25, 0.3) is 0 Å². The summed E-state index contributed by atoms with van der Waals surface area (Å²) in [6.07, 6.45) is 1.07. The van der Waals surface area contributed by atoms with E-state index < -0.39 is 10.0 Å². The maximum Gasteiger partial charge on any atom is 0.238 e. The van der Waals surface area contributed by atoms with Crippen LogP contribution in [0.1, 0.15) is 65.1 Å². The number of aryl methyl sites for hydroxylation is 1. The van der Waals surface area contributed by atoms with E-state index in [2.05, 4.69) is 46.9 Å². The van der Waals surface area contributed by atoms with Crippen molar-refractivity contribution in [2.75, 3.05) is 0 Å². The third-order valence-electron chi connectivity index (χ3n) is 4.22. The summed E-state index contributed by atoms with van der Waals surface area (Å²) in [4.78, 5) is 0.208. The smallest absolute Gasteiger partial charge is 0.238 e. The summed E-state index contributed by atoms with van der Waals surface area (Å²) >= 11 is 0. The van der Waals surface area contributed by atoms with Gasteiger partial charge in [0.1, 0.15) is 0 Å². The zero-order valence-electron chi connectivity index (χ0n) is 15.5. The molecule has 1 aromatic carbocycles. The molecular weight excluding hydrogens is 308 g/mol. The summed E-state index contributed by atoms with van der Waals surface area (Å²) in [5.74, 6) is 0.594. The normalized spacial score (nSPS) is 15.7. The molecule has 1 rings (SSSR count). The number of hydrogen-bond acceptors (Lipinski definition) is 3. The van der Waals surface area contributed by atoms with Crippen LogP contribution in [-0.2, 0) is 10.0 Å². The minimum absolute atomic E-state index is 0.0547. The standard InChI is InChI=1S/C18H32N2O2S/c1-12(2)10-17(18(5,6)7)20-14(4)15-9-8-13(3)16(11-15)23(19,21)22/h8-9,11-12,14,17,20H,10H2,1-7H3,(H2,19,21,22). The highest BCUT2D eigenvalue weighted by molar-refractivity contribution is 7.89. The predicted octanol–water partition coefficient (Wildman–Crippen LogP) is 3.75. The quantitative estimate of drug-likeness (QED) is 0.828. The number of nitrogens with two attached hydrogens (primary N) is 1. The fourth-order valence-corrected chi connectivity index (χ4v) is 3.55. The van der Waals surface area contributed by atoms with Gasteiger partial charge in [0, 0.05) is 12.1 Å². The van der Waals surface area contributed by atoms with E-state index in [1.807, 2.05) is 12.1 Å². The molecule has 1 aromatic rings. The first kappa shape index (κ1) is 20.1. The number of rotatable bonds is 6. The molecule has 5 heteroatoms. The Morgan fingerprint density at radius 1 is 1.17 bits per heavy atom. The van der Waals surface area contributed by atoms with Gasteiger partial charge in [-0.3, -0.25) is 0 Å². The first-order valence-electron chi connectivity index (χ1n) is 8.21. The fourth-order valence-electron chi connectivity index (χ4n) is 2.73. The zero-order valence-corrected chi connectivity index (χ0v) is 16.3. The minimum Gasteiger partial charge on any atom is -0.307 e. The Bertz CT molecular complexity index is 631. The van der Waals surface area contributed by atoms with Gasteiger partial charge in [-0.1, -0.05) is 46.8 Å². The average molecular weight is 341 g/mol. The molecule has 0 fully saturated rings. The van der Waals surface area contributed by atoms with Crippen molar-refractivity contribution in [1.82, 2.24) is 5.32 Å². The van der Waals surface area contributed by atoms with Crippen molar-refractivity contribution in [3.63, 3.8) is 0 Å². The minimum atomic E-state index is -3.69. The molecule has 0 saturated carbocycles. The third kappa shape index (κ3) is 5.90. The first-order chi connectivity index (χ1) is 10.3. The van der Waals surface area contributed by atoms with Crippen LogP contribution in [0.5, 0.6) is 0 Å². The van der Waals surface area contributed by atoms with Crippen molar-refractivity contribution in [1.29, 1.82) is 0 Å². The van der Waals surface area contributed by atoms with E-state index in [4.69, 9.17) is 5.14 Å². The van der Waals surface area contributed by atoms with Gasteiger partial charge in [0.15, 0.2) is 0 Å². The second-order valence-corrected chi connectivity index (χ2v) is 9.54. The van der Waals surface area contributed by atoms with E-state index in [1.165, 1.54) is 0 Å². The van der Waals surface area contributed by atoms with E-state index in [1.54, 1.807) is 13.0 Å². The second-order valence-electron chi connectivity index (χ2n) is 8.01. The Kier molecular flexibility index (Phi) is 6.41. The molecule has 0 amide bonds. The molecule has 0 aliphatic rings. The third-order valence-corrected chi connectivity index (χ3v) is 5.28. The zero-order chi connectivity index (χ0) is 18.0. The molecule has 0 aliphatic heterocycles. The maximum absolute atomic E-state index is 11.7. The molecule has 0 heterocycles. The van der Waals surface area contributed by atoms with Crippen LogP contribution in [0.2, 0.25) is 0 Å². The van der Waals surface area contributed by atoms with Gasteiger partial charge in [-0.05, 0) is 48.8 Å². The summed E-state index contributed by atoms with van der Waals surface area (Å²) < 4.78 is 23.4. The molecule has 2 unspecified atom stereocenters. The molecule has 2 atom stereocenters. The van der Waals surface area contributed by atoms with Crippen molar-refractivity contribution in [3.05, 3.63) is 29.3 Å². The number of nitrogens with one attached hydrogen (secondary N) is 1. The largest absolute Gasteiger partial charge is 0.307 e. The summed E-state index contributed by atoms with van der Waals surface area (Å²) in [6.45, 7) is 14.9. The molecule has 0 aromatic heterocycles. The monoisotopic (exact) mass is 340 g/mol. The van der Waals surface area contributed by atoms with E-state index in [-0.39, 0.29) is 16.4 Å². The highest BCUT2D eigenvalue weighted by Gasteiger charge is 2.27. The van der Waals surface area contributed by atoms with Crippen LogP contribution in [0.15, 0.2) is 23.1 Å². The molecule has 0 aliphatic carbocycles. The Morgan fingerprint density at radius 3 is 2.17 bits per heavy atom.